The van der Waals surface area contributed by atoms with Gasteiger partial charge in [-0.2, -0.15) is 0 Å². The summed E-state index contributed by atoms with van der Waals surface area (Å²) in [6, 6.07) is 0. The van der Waals surface area contributed by atoms with E-state index in [-0.39, 0.29) is 77.4 Å². The molecule has 4 saturated carbocycles. The first-order valence-electron chi connectivity index (χ1n) is 14.0. The maximum Gasteiger partial charge on any atom is 0.306 e. The zero-order chi connectivity index (χ0) is 27.1. The molecule has 8 nitrogen and oxygen atoms in total. The molecule has 1 N–H and O–H groups in total. The molecule has 0 spiro atoms. The van der Waals surface area contributed by atoms with Gasteiger partial charge < -0.3 is 14.6 Å². The first kappa shape index (κ1) is 27.8. The number of carbonyl (C=O) groups excluding carboxylic acids is 4. The minimum atomic E-state index is -1.03. The van der Waals surface area contributed by atoms with E-state index in [9.17, 15) is 24.0 Å². The van der Waals surface area contributed by atoms with Crippen LogP contribution in [0.3, 0.4) is 0 Å². The summed E-state index contributed by atoms with van der Waals surface area (Å²) in [5.74, 6) is -0.893. The van der Waals surface area contributed by atoms with Crippen molar-refractivity contribution in [1.82, 2.24) is 0 Å². The second kappa shape index (κ2) is 10.5. The van der Waals surface area contributed by atoms with Crippen LogP contribution >= 0.6 is 0 Å². The third kappa shape index (κ3) is 4.97. The van der Waals surface area contributed by atoms with Crippen molar-refractivity contribution in [2.24, 2.45) is 46.3 Å². The van der Waals surface area contributed by atoms with Crippen molar-refractivity contribution < 1.29 is 38.6 Å². The Morgan fingerprint density at radius 2 is 1.73 bits per heavy atom. The van der Waals surface area contributed by atoms with Crippen molar-refractivity contribution >= 4 is 29.5 Å². The lowest BCUT2D eigenvalue weighted by molar-refractivity contribution is -0.173. The molecule has 0 heterocycles. The van der Waals surface area contributed by atoms with E-state index in [1.807, 2.05) is 0 Å². The van der Waals surface area contributed by atoms with E-state index in [1.54, 1.807) is 0 Å². The Morgan fingerprint density at radius 1 is 1.00 bits per heavy atom. The number of carboxylic acids is 1. The number of hydrogen-bond acceptors (Lipinski definition) is 7. The molecule has 206 valence electrons. The number of fused-ring (bicyclic) bond motifs is 5. The van der Waals surface area contributed by atoms with E-state index in [2.05, 4.69) is 20.8 Å². The maximum atomic E-state index is 13.9. The van der Waals surface area contributed by atoms with Gasteiger partial charge in [0.1, 0.15) is 17.7 Å². The molecule has 0 amide bonds. The zero-order valence-corrected chi connectivity index (χ0v) is 22.6. The Labute approximate surface area is 219 Å². The molecule has 9 atom stereocenters. The van der Waals surface area contributed by atoms with Crippen molar-refractivity contribution in [3.8, 4) is 0 Å². The molecule has 0 radical (unpaired) electrons. The third-order valence-corrected chi connectivity index (χ3v) is 10.9. The first-order valence-corrected chi connectivity index (χ1v) is 14.0. The van der Waals surface area contributed by atoms with Crippen LogP contribution in [0.1, 0.15) is 91.4 Å². The fourth-order valence-corrected chi connectivity index (χ4v) is 8.77. The Hall–Kier alpha value is -2.25. The van der Waals surface area contributed by atoms with Crippen LogP contribution in [0.2, 0.25) is 0 Å². The highest BCUT2D eigenvalue weighted by Crippen LogP contribution is 2.66. The van der Waals surface area contributed by atoms with E-state index in [0.717, 1.165) is 19.3 Å². The lowest BCUT2D eigenvalue weighted by atomic mass is 9.43. The van der Waals surface area contributed by atoms with Crippen LogP contribution in [0.5, 0.6) is 0 Å². The molecule has 4 aliphatic carbocycles. The molecule has 0 aromatic heterocycles. The Kier molecular flexibility index (Phi) is 7.87. The molecular weight excluding hydrogens is 476 g/mol. The highest BCUT2D eigenvalue weighted by atomic mass is 16.5. The van der Waals surface area contributed by atoms with Crippen LogP contribution in [0.4, 0.5) is 0 Å². The molecule has 37 heavy (non-hydrogen) atoms. The molecule has 0 aromatic carbocycles. The molecule has 4 rings (SSSR count). The number of ether oxygens (including phenoxy) is 2. The summed E-state index contributed by atoms with van der Waals surface area (Å²) in [4.78, 5) is 62.2. The fourth-order valence-electron chi connectivity index (χ4n) is 8.77. The van der Waals surface area contributed by atoms with Crippen molar-refractivity contribution in [3.63, 3.8) is 0 Å². The quantitative estimate of drug-likeness (QED) is 0.470. The van der Waals surface area contributed by atoms with Gasteiger partial charge in [0.2, 0.25) is 0 Å². The van der Waals surface area contributed by atoms with E-state index >= 15 is 0 Å². The van der Waals surface area contributed by atoms with Gasteiger partial charge in [0.25, 0.3) is 0 Å². The summed E-state index contributed by atoms with van der Waals surface area (Å²) >= 11 is 0. The van der Waals surface area contributed by atoms with Crippen molar-refractivity contribution in [3.05, 3.63) is 0 Å². The normalized spacial score (nSPS) is 39.7. The molecular formula is C29H42O8. The zero-order valence-electron chi connectivity index (χ0n) is 22.6. The number of aliphatic carboxylic acids is 1. The van der Waals surface area contributed by atoms with Gasteiger partial charge in [-0.15, -0.1) is 0 Å². The maximum absolute atomic E-state index is 13.9. The van der Waals surface area contributed by atoms with Gasteiger partial charge in [-0.3, -0.25) is 24.0 Å². The number of carbonyl (C=O) groups is 5. The topological polar surface area (TPSA) is 124 Å². The Balaban J connectivity index is 1.48. The lowest BCUT2D eigenvalue weighted by Gasteiger charge is -2.59. The van der Waals surface area contributed by atoms with E-state index in [0.29, 0.717) is 38.5 Å². The third-order valence-electron chi connectivity index (χ3n) is 10.9. The average Bonchev–Trinajstić information content (AvgIpc) is 3.21. The largest absolute Gasteiger partial charge is 0.481 e. The van der Waals surface area contributed by atoms with Gasteiger partial charge in [0.05, 0.1) is 20.0 Å². The Bertz CT molecular complexity index is 958. The SMILES string of the molecule is COC(=O)CC[C@H](C)[C@H]1CC[C@H]2[C@@H]3C(=O)C[C@@H]4C[C@H](OC(=O)CCC(=O)O)CC[C@]4(C)[C@@H]3CC(=O)[C@]12C. The molecule has 4 aliphatic rings. The second-order valence-electron chi connectivity index (χ2n) is 12.6. The van der Waals surface area contributed by atoms with Gasteiger partial charge in [-0.25, -0.2) is 0 Å². The highest BCUT2D eigenvalue weighted by Gasteiger charge is 2.66. The minimum Gasteiger partial charge on any atom is -0.481 e. The lowest BCUT2D eigenvalue weighted by Crippen LogP contribution is -2.60. The molecule has 4 fully saturated rings. The highest BCUT2D eigenvalue weighted by molar-refractivity contribution is 5.92. The number of methoxy groups -OCH3 is 1. The number of ketones is 2. The molecule has 0 aliphatic heterocycles. The van der Waals surface area contributed by atoms with Crippen LogP contribution in [-0.4, -0.2) is 47.8 Å². The van der Waals surface area contributed by atoms with Crippen LogP contribution in [0.15, 0.2) is 0 Å². The van der Waals surface area contributed by atoms with Crippen LogP contribution < -0.4 is 0 Å². The molecule has 8 heteroatoms. The number of hydrogen-bond donors (Lipinski definition) is 1. The van der Waals surface area contributed by atoms with Gasteiger partial charge in [-0.05, 0) is 73.5 Å². The molecule has 0 aromatic rings. The molecule has 0 bridgehead atoms. The van der Waals surface area contributed by atoms with Gasteiger partial charge in [0, 0.05) is 30.6 Å². The first-order chi connectivity index (χ1) is 17.4. The van der Waals surface area contributed by atoms with Gasteiger partial charge in [-0.1, -0.05) is 20.8 Å². The monoisotopic (exact) mass is 518 g/mol. The summed E-state index contributed by atoms with van der Waals surface area (Å²) in [5.41, 5.74) is -0.694. The predicted molar refractivity (Wildman–Crippen MR) is 133 cm³/mol. The van der Waals surface area contributed by atoms with Crippen LogP contribution in [0, 0.1) is 46.3 Å². The summed E-state index contributed by atoms with van der Waals surface area (Å²) in [7, 11) is 1.39. The van der Waals surface area contributed by atoms with Crippen LogP contribution in [-0.2, 0) is 33.4 Å². The molecule has 0 unspecified atom stereocenters. The molecule has 0 saturated heterocycles. The van der Waals surface area contributed by atoms with E-state index in [1.165, 1.54) is 7.11 Å². The average molecular weight is 519 g/mol. The summed E-state index contributed by atoms with van der Waals surface area (Å²) in [6.07, 6.45) is 5.01. The summed E-state index contributed by atoms with van der Waals surface area (Å²) < 4.78 is 10.4. The van der Waals surface area contributed by atoms with E-state index < -0.39 is 17.4 Å². The van der Waals surface area contributed by atoms with E-state index in [4.69, 9.17) is 14.6 Å². The number of esters is 2. The standard InChI is InChI=1S/C29H42O8/c1-16(5-9-25(34)36-4)19-6-7-20-27-21(15-23(31)29(19,20)3)28(2)12-11-18(13-17(28)14-22(27)30)37-26(35)10-8-24(32)33/h16-21,27H,5-15H2,1-4H3,(H,32,33)/t16-,17-,18+,19+,20-,21+,27-,28-,29+/m0/s1. The Morgan fingerprint density at radius 3 is 2.41 bits per heavy atom. The summed E-state index contributed by atoms with van der Waals surface area (Å²) in [5, 5.41) is 8.81. The smallest absolute Gasteiger partial charge is 0.306 e. The second-order valence-corrected chi connectivity index (χ2v) is 12.6. The number of rotatable bonds is 8. The van der Waals surface area contributed by atoms with Crippen LogP contribution in [0.25, 0.3) is 0 Å². The summed E-state index contributed by atoms with van der Waals surface area (Å²) in [6.45, 7) is 6.43. The number of Topliss-reactive ketones (excluding diaryl/α,β-unsaturated/α-hetero) is 2. The van der Waals surface area contributed by atoms with Gasteiger partial charge >= 0.3 is 17.9 Å². The fraction of sp³-hybridized carbons (Fsp3) is 0.828. The predicted octanol–water partition coefficient (Wildman–Crippen LogP) is 4.37. The van der Waals surface area contributed by atoms with Gasteiger partial charge in [0.15, 0.2) is 0 Å². The van der Waals surface area contributed by atoms with Crippen molar-refractivity contribution in [2.75, 3.05) is 7.11 Å². The van der Waals surface area contributed by atoms with Crippen molar-refractivity contribution in [1.29, 1.82) is 0 Å². The number of carboxylic acid groups (broad SMARTS) is 1. The van der Waals surface area contributed by atoms with Crippen molar-refractivity contribution in [2.45, 2.75) is 97.5 Å². The minimum absolute atomic E-state index is 0.0112.